The molecule has 0 aromatic heterocycles. The summed E-state index contributed by atoms with van der Waals surface area (Å²) in [6.07, 6.45) is 0.0551. The van der Waals surface area contributed by atoms with E-state index in [1.807, 2.05) is 0 Å². The molecule has 0 heterocycles. The SMILES string of the molecule is O=C(O)C(S)Cc1ccc(O)c([N+](=O)[O-])c1. The summed E-state index contributed by atoms with van der Waals surface area (Å²) in [6.45, 7) is 0. The predicted octanol–water partition coefficient (Wildman–Crippen LogP) is 1.23. The highest BCUT2D eigenvalue weighted by Gasteiger charge is 2.17. The minimum Gasteiger partial charge on any atom is -0.502 e. The maximum Gasteiger partial charge on any atom is 0.316 e. The van der Waals surface area contributed by atoms with E-state index in [0.29, 0.717) is 5.56 Å². The van der Waals surface area contributed by atoms with Crippen LogP contribution >= 0.6 is 12.6 Å². The lowest BCUT2D eigenvalue weighted by molar-refractivity contribution is -0.385. The van der Waals surface area contributed by atoms with E-state index in [1.165, 1.54) is 6.07 Å². The number of phenols is 1. The van der Waals surface area contributed by atoms with E-state index < -0.39 is 27.6 Å². The summed E-state index contributed by atoms with van der Waals surface area (Å²) in [7, 11) is 0. The zero-order valence-electron chi connectivity index (χ0n) is 8.03. The van der Waals surface area contributed by atoms with Gasteiger partial charge in [-0.3, -0.25) is 14.9 Å². The van der Waals surface area contributed by atoms with Crippen LogP contribution in [0.5, 0.6) is 5.75 Å². The van der Waals surface area contributed by atoms with Gasteiger partial charge in [-0.05, 0) is 18.1 Å². The summed E-state index contributed by atoms with van der Waals surface area (Å²) in [5.74, 6) is -1.54. The molecule has 6 nitrogen and oxygen atoms in total. The van der Waals surface area contributed by atoms with Crippen molar-refractivity contribution in [2.75, 3.05) is 0 Å². The van der Waals surface area contributed by atoms with Crippen LogP contribution in [0.1, 0.15) is 5.56 Å². The number of phenolic OH excluding ortho intramolecular Hbond substituents is 1. The largest absolute Gasteiger partial charge is 0.502 e. The van der Waals surface area contributed by atoms with E-state index in [9.17, 15) is 20.0 Å². The molecule has 0 radical (unpaired) electrons. The van der Waals surface area contributed by atoms with Gasteiger partial charge in [0.2, 0.25) is 0 Å². The quantitative estimate of drug-likeness (QED) is 0.419. The van der Waals surface area contributed by atoms with Crippen LogP contribution in [0.4, 0.5) is 5.69 Å². The molecule has 1 aromatic carbocycles. The number of thiol groups is 1. The number of rotatable bonds is 4. The fraction of sp³-hybridized carbons (Fsp3) is 0.222. The molecule has 0 spiro atoms. The van der Waals surface area contributed by atoms with Gasteiger partial charge in [0.1, 0.15) is 5.25 Å². The van der Waals surface area contributed by atoms with Crippen molar-refractivity contribution in [2.24, 2.45) is 0 Å². The maximum absolute atomic E-state index is 10.5. The summed E-state index contributed by atoms with van der Waals surface area (Å²) >= 11 is 3.82. The van der Waals surface area contributed by atoms with Gasteiger partial charge in [-0.1, -0.05) is 6.07 Å². The van der Waals surface area contributed by atoms with Gasteiger partial charge in [0.25, 0.3) is 0 Å². The molecule has 0 saturated carbocycles. The van der Waals surface area contributed by atoms with Gasteiger partial charge in [0.15, 0.2) is 5.75 Å². The van der Waals surface area contributed by atoms with Gasteiger partial charge < -0.3 is 10.2 Å². The zero-order valence-corrected chi connectivity index (χ0v) is 8.92. The highest BCUT2D eigenvalue weighted by Crippen LogP contribution is 2.27. The average molecular weight is 243 g/mol. The molecular formula is C9H9NO5S. The summed E-state index contributed by atoms with van der Waals surface area (Å²) in [5.41, 5.74) is -0.00433. The van der Waals surface area contributed by atoms with E-state index >= 15 is 0 Å². The Morgan fingerprint density at radius 3 is 2.69 bits per heavy atom. The number of hydrogen-bond acceptors (Lipinski definition) is 5. The van der Waals surface area contributed by atoms with Crippen LogP contribution in [-0.2, 0) is 11.2 Å². The number of nitrogens with zero attached hydrogens (tertiary/aromatic N) is 1. The number of hydrogen-bond donors (Lipinski definition) is 3. The highest BCUT2D eigenvalue weighted by atomic mass is 32.1. The maximum atomic E-state index is 10.5. The fourth-order valence-corrected chi connectivity index (χ4v) is 1.36. The highest BCUT2D eigenvalue weighted by molar-refractivity contribution is 7.81. The second-order valence-electron chi connectivity index (χ2n) is 3.14. The first-order valence-electron chi connectivity index (χ1n) is 4.29. The third-order valence-electron chi connectivity index (χ3n) is 1.95. The van der Waals surface area contributed by atoms with E-state index in [2.05, 4.69) is 12.6 Å². The Balaban J connectivity index is 2.95. The molecule has 16 heavy (non-hydrogen) atoms. The molecule has 0 amide bonds. The third-order valence-corrected chi connectivity index (χ3v) is 2.35. The average Bonchev–Trinajstić information content (AvgIpc) is 2.20. The molecule has 7 heteroatoms. The van der Waals surface area contributed by atoms with E-state index in [0.717, 1.165) is 12.1 Å². The van der Waals surface area contributed by atoms with Crippen LogP contribution in [0.15, 0.2) is 18.2 Å². The van der Waals surface area contributed by atoms with Crippen molar-refractivity contribution < 1.29 is 19.9 Å². The Morgan fingerprint density at radius 2 is 2.19 bits per heavy atom. The van der Waals surface area contributed by atoms with E-state index in [4.69, 9.17) is 5.11 Å². The molecular weight excluding hydrogens is 234 g/mol. The number of benzene rings is 1. The van der Waals surface area contributed by atoms with Gasteiger partial charge in [-0.15, -0.1) is 0 Å². The molecule has 0 fully saturated rings. The van der Waals surface area contributed by atoms with Crippen LogP contribution in [0.3, 0.4) is 0 Å². The standard InChI is InChI=1S/C9H9NO5S/c11-7-2-1-5(3-6(7)10(14)15)4-8(16)9(12)13/h1-3,8,11,16H,4H2,(H,12,13). The van der Waals surface area contributed by atoms with E-state index in [-0.39, 0.29) is 6.42 Å². The minimum absolute atomic E-state index is 0.0551. The normalized spacial score (nSPS) is 12.1. The smallest absolute Gasteiger partial charge is 0.316 e. The number of carboxylic acid groups (broad SMARTS) is 1. The first-order valence-corrected chi connectivity index (χ1v) is 4.80. The second-order valence-corrected chi connectivity index (χ2v) is 3.76. The van der Waals surface area contributed by atoms with Crippen molar-refractivity contribution in [3.05, 3.63) is 33.9 Å². The first-order chi connectivity index (χ1) is 7.41. The fourth-order valence-electron chi connectivity index (χ4n) is 1.15. The van der Waals surface area contributed by atoms with Crippen LogP contribution in [-0.4, -0.2) is 26.4 Å². The van der Waals surface area contributed by atoms with Crippen molar-refractivity contribution in [3.8, 4) is 5.75 Å². The first kappa shape index (κ1) is 12.3. The molecule has 1 unspecified atom stereocenters. The molecule has 0 aliphatic rings. The molecule has 0 aliphatic heterocycles. The van der Waals surface area contributed by atoms with Crippen molar-refractivity contribution >= 4 is 24.3 Å². The topological polar surface area (TPSA) is 101 Å². The molecule has 1 aromatic rings. The molecule has 1 rings (SSSR count). The molecule has 1 atom stereocenters. The van der Waals surface area contributed by atoms with Crippen LogP contribution in [0.2, 0.25) is 0 Å². The number of aromatic hydroxyl groups is 1. The summed E-state index contributed by atoms with van der Waals surface area (Å²) in [4.78, 5) is 20.3. The van der Waals surface area contributed by atoms with Crippen LogP contribution in [0.25, 0.3) is 0 Å². The van der Waals surface area contributed by atoms with Crippen molar-refractivity contribution in [2.45, 2.75) is 11.7 Å². The van der Waals surface area contributed by atoms with Gasteiger partial charge in [0, 0.05) is 6.07 Å². The minimum atomic E-state index is -1.10. The Kier molecular flexibility index (Phi) is 3.73. The summed E-state index contributed by atoms with van der Waals surface area (Å²) < 4.78 is 0. The van der Waals surface area contributed by atoms with Crippen molar-refractivity contribution in [3.63, 3.8) is 0 Å². The molecule has 0 saturated heterocycles. The Labute approximate surface area is 96.1 Å². The Morgan fingerprint density at radius 1 is 1.56 bits per heavy atom. The Hall–Kier alpha value is -1.76. The summed E-state index contributed by atoms with van der Waals surface area (Å²) in [5, 5.41) is 27.4. The number of nitro groups is 1. The summed E-state index contributed by atoms with van der Waals surface area (Å²) in [6, 6.07) is 3.73. The number of nitro benzene ring substituents is 1. The monoisotopic (exact) mass is 243 g/mol. The molecule has 0 bridgehead atoms. The van der Waals surface area contributed by atoms with Crippen LogP contribution < -0.4 is 0 Å². The zero-order chi connectivity index (χ0) is 12.3. The third kappa shape index (κ3) is 2.86. The lowest BCUT2D eigenvalue weighted by atomic mass is 10.1. The van der Waals surface area contributed by atoms with E-state index in [1.54, 1.807) is 0 Å². The van der Waals surface area contributed by atoms with Gasteiger partial charge in [-0.25, -0.2) is 0 Å². The van der Waals surface area contributed by atoms with Crippen molar-refractivity contribution in [1.82, 2.24) is 0 Å². The lowest BCUT2D eigenvalue weighted by Gasteiger charge is -2.05. The number of aliphatic carboxylic acids is 1. The molecule has 2 N–H and O–H groups in total. The lowest BCUT2D eigenvalue weighted by Crippen LogP contribution is -2.16. The molecule has 0 aliphatic carbocycles. The van der Waals surface area contributed by atoms with Crippen LogP contribution in [0, 0.1) is 10.1 Å². The molecule has 86 valence electrons. The Bertz CT molecular complexity index is 434. The number of carboxylic acids is 1. The van der Waals surface area contributed by atoms with Crippen molar-refractivity contribution in [1.29, 1.82) is 0 Å². The van der Waals surface area contributed by atoms with Gasteiger partial charge >= 0.3 is 11.7 Å². The number of carbonyl (C=O) groups is 1. The van der Waals surface area contributed by atoms with Gasteiger partial charge in [0.05, 0.1) is 4.92 Å². The van der Waals surface area contributed by atoms with Gasteiger partial charge in [-0.2, -0.15) is 12.6 Å². The second kappa shape index (κ2) is 4.84. The predicted molar refractivity (Wildman–Crippen MR) is 58.9 cm³/mol.